The van der Waals surface area contributed by atoms with E-state index in [2.05, 4.69) is 15.1 Å². The first-order chi connectivity index (χ1) is 24.5. The molecule has 0 aliphatic rings. The Morgan fingerprint density at radius 2 is 1.77 bits per heavy atom. The molecule has 2 N–H and O–H groups in total. The summed E-state index contributed by atoms with van der Waals surface area (Å²) in [4.78, 5) is 18.4. The molecule has 0 fully saturated rings. The van der Waals surface area contributed by atoms with Crippen molar-refractivity contribution < 1.29 is 40.6 Å². The van der Waals surface area contributed by atoms with E-state index >= 15 is 17.6 Å². The average Bonchev–Trinajstić information content (AvgIpc) is 3.68. The SMILES string of the molecule is CCCCC(C)(C)C(F)(F)CS(=O)(=O)CCc1c(Oc2ccc(F)c(-c3nc(Cc4cccc(CCC(=O)O)c4)nn3C)c2)c(F)cc2[nH]ccc12. The molecule has 0 amide bonds. The number of hydrogen-bond acceptors (Lipinski definition) is 6. The summed E-state index contributed by atoms with van der Waals surface area (Å²) in [5, 5.41) is 13.9. The highest BCUT2D eigenvalue weighted by atomic mass is 32.2. The number of aromatic amines is 1. The van der Waals surface area contributed by atoms with Crippen LogP contribution in [-0.4, -0.2) is 56.7 Å². The Bertz CT molecular complexity index is 2180. The number of sulfone groups is 1. The van der Waals surface area contributed by atoms with Gasteiger partial charge in [-0.15, -0.1) is 0 Å². The monoisotopic (exact) mass is 742 g/mol. The van der Waals surface area contributed by atoms with E-state index in [-0.39, 0.29) is 47.7 Å². The number of fused-ring (bicyclic) bond motifs is 1. The largest absolute Gasteiger partial charge is 0.481 e. The van der Waals surface area contributed by atoms with Crippen LogP contribution in [0.1, 0.15) is 69.0 Å². The van der Waals surface area contributed by atoms with Gasteiger partial charge in [-0.05, 0) is 54.7 Å². The number of hydrogen-bond donors (Lipinski definition) is 2. The van der Waals surface area contributed by atoms with Gasteiger partial charge in [0.2, 0.25) is 0 Å². The second-order valence-electron chi connectivity index (χ2n) is 13.7. The van der Waals surface area contributed by atoms with Crippen molar-refractivity contribution in [2.75, 3.05) is 11.5 Å². The molecule has 2 heterocycles. The number of ether oxygens (including phenoxy) is 1. The number of carboxylic acid groups (broad SMARTS) is 1. The molecule has 9 nitrogen and oxygen atoms in total. The third-order valence-corrected chi connectivity index (χ3v) is 10.9. The molecule has 5 aromatic rings. The zero-order chi connectivity index (χ0) is 37.8. The quantitative estimate of drug-likeness (QED) is 0.0916. The minimum atomic E-state index is -4.31. The van der Waals surface area contributed by atoms with Crippen LogP contribution in [0.5, 0.6) is 11.5 Å². The van der Waals surface area contributed by atoms with Crippen molar-refractivity contribution in [1.29, 1.82) is 0 Å². The maximum atomic E-state index is 15.7. The first kappa shape index (κ1) is 38.5. The van der Waals surface area contributed by atoms with Gasteiger partial charge in [0.05, 0.1) is 11.3 Å². The number of halogens is 4. The van der Waals surface area contributed by atoms with Gasteiger partial charge in [0.1, 0.15) is 17.3 Å². The molecular weight excluding hydrogens is 700 g/mol. The molecule has 0 saturated heterocycles. The molecule has 2 aromatic heterocycles. The fourth-order valence-corrected chi connectivity index (χ4v) is 7.72. The minimum Gasteiger partial charge on any atom is -0.481 e. The van der Waals surface area contributed by atoms with Crippen molar-refractivity contribution in [3.05, 3.63) is 94.9 Å². The van der Waals surface area contributed by atoms with Crippen LogP contribution in [0.4, 0.5) is 17.6 Å². The van der Waals surface area contributed by atoms with E-state index in [0.29, 0.717) is 42.4 Å². The lowest BCUT2D eigenvalue weighted by Gasteiger charge is -2.34. The summed E-state index contributed by atoms with van der Waals surface area (Å²) in [6, 6.07) is 13.9. The third-order valence-electron chi connectivity index (χ3n) is 9.26. The summed E-state index contributed by atoms with van der Waals surface area (Å²) >= 11 is 0. The molecule has 0 aliphatic carbocycles. The predicted molar refractivity (Wildman–Crippen MR) is 191 cm³/mol. The van der Waals surface area contributed by atoms with Gasteiger partial charge >= 0.3 is 5.97 Å². The normalized spacial score (nSPS) is 12.5. The van der Waals surface area contributed by atoms with Gasteiger partial charge in [0, 0.05) is 54.0 Å². The van der Waals surface area contributed by atoms with E-state index in [1.807, 2.05) is 31.2 Å². The molecule has 5 rings (SSSR count). The number of aliphatic carboxylic acids is 1. The highest BCUT2D eigenvalue weighted by Crippen LogP contribution is 2.42. The minimum absolute atomic E-state index is 0.00668. The highest BCUT2D eigenvalue weighted by Gasteiger charge is 2.48. The molecule has 3 aromatic carbocycles. The number of H-pyrrole nitrogens is 1. The van der Waals surface area contributed by atoms with E-state index in [4.69, 9.17) is 9.84 Å². The maximum Gasteiger partial charge on any atom is 0.303 e. The van der Waals surface area contributed by atoms with Crippen LogP contribution >= 0.6 is 0 Å². The Hall–Kier alpha value is -4.72. The van der Waals surface area contributed by atoms with Crippen LogP contribution in [0.15, 0.2) is 60.8 Å². The van der Waals surface area contributed by atoms with Crippen LogP contribution in [0.25, 0.3) is 22.3 Å². The number of carbonyl (C=O) groups is 1. The summed E-state index contributed by atoms with van der Waals surface area (Å²) in [6.45, 7) is 4.61. The fraction of sp³-hybridized carbons (Fsp3) is 0.395. The van der Waals surface area contributed by atoms with Gasteiger partial charge in [-0.25, -0.2) is 35.6 Å². The molecule has 0 unspecified atom stereocenters. The Morgan fingerprint density at radius 3 is 2.50 bits per heavy atom. The van der Waals surface area contributed by atoms with Gasteiger partial charge in [-0.3, -0.25) is 4.79 Å². The van der Waals surface area contributed by atoms with Gasteiger partial charge < -0.3 is 14.8 Å². The lowest BCUT2D eigenvalue weighted by atomic mass is 9.81. The molecule has 0 spiro atoms. The molecular formula is C38H42F4N4O5S. The number of carboxylic acids is 1. The Kier molecular flexibility index (Phi) is 11.5. The van der Waals surface area contributed by atoms with Crippen LogP contribution in [0.2, 0.25) is 0 Å². The van der Waals surface area contributed by atoms with Crippen molar-refractivity contribution in [1.82, 2.24) is 19.7 Å². The topological polar surface area (TPSA) is 127 Å². The summed E-state index contributed by atoms with van der Waals surface area (Å²) in [5.74, 6) is -7.62. The molecule has 0 aliphatic heterocycles. The molecule has 0 bridgehead atoms. The van der Waals surface area contributed by atoms with Crippen molar-refractivity contribution in [3.8, 4) is 22.9 Å². The Balaban J connectivity index is 1.40. The van der Waals surface area contributed by atoms with Crippen molar-refractivity contribution in [2.45, 2.75) is 71.6 Å². The maximum absolute atomic E-state index is 15.7. The smallest absolute Gasteiger partial charge is 0.303 e. The molecule has 0 saturated carbocycles. The molecule has 0 radical (unpaired) electrons. The summed E-state index contributed by atoms with van der Waals surface area (Å²) < 4.78 is 95.1. The zero-order valence-electron chi connectivity index (χ0n) is 29.5. The lowest BCUT2D eigenvalue weighted by Crippen LogP contribution is -2.43. The van der Waals surface area contributed by atoms with E-state index in [9.17, 15) is 13.2 Å². The standard InChI is InChI=1S/C38H42F4N4O5S/c1-5-6-16-37(2,3)38(41,42)23-52(49,50)18-15-28-27-14-17-43-32(27)22-31(40)35(28)51-26-11-12-30(39)29(21-26)36-44-33(45-46(36)4)20-25-9-7-8-24(19-25)10-13-34(47)48/h7-9,11-12,14,17,19,21-22,43H,5-6,10,13,15-16,18,20,23H2,1-4H3,(H,47,48). The van der Waals surface area contributed by atoms with Gasteiger partial charge in [-0.2, -0.15) is 5.10 Å². The van der Waals surface area contributed by atoms with E-state index in [0.717, 1.165) is 17.2 Å². The van der Waals surface area contributed by atoms with Gasteiger partial charge in [-0.1, -0.05) is 57.9 Å². The molecule has 14 heteroatoms. The van der Waals surface area contributed by atoms with E-state index in [1.165, 1.54) is 36.7 Å². The fourth-order valence-electron chi connectivity index (χ4n) is 6.12. The number of benzene rings is 3. The number of aromatic nitrogens is 4. The third kappa shape index (κ3) is 9.01. The number of unbranched alkanes of at least 4 members (excludes halogenated alkanes) is 1. The second-order valence-corrected chi connectivity index (χ2v) is 15.9. The number of nitrogens with zero attached hydrogens (tertiary/aromatic N) is 3. The van der Waals surface area contributed by atoms with Crippen LogP contribution in [0, 0.1) is 17.0 Å². The summed E-state index contributed by atoms with van der Waals surface area (Å²) in [7, 11) is -2.72. The van der Waals surface area contributed by atoms with Gasteiger partial charge in [0.25, 0.3) is 5.92 Å². The molecule has 52 heavy (non-hydrogen) atoms. The summed E-state index contributed by atoms with van der Waals surface area (Å²) in [6.07, 6.45) is 3.28. The van der Waals surface area contributed by atoms with Gasteiger partial charge in [0.15, 0.2) is 33.1 Å². The summed E-state index contributed by atoms with van der Waals surface area (Å²) in [5.41, 5.74) is 0.682. The Labute approximate surface area is 300 Å². The van der Waals surface area contributed by atoms with Crippen LogP contribution < -0.4 is 4.74 Å². The van der Waals surface area contributed by atoms with E-state index < -0.39 is 50.3 Å². The number of alkyl halides is 2. The van der Waals surface area contributed by atoms with Crippen molar-refractivity contribution in [2.24, 2.45) is 12.5 Å². The zero-order valence-corrected chi connectivity index (χ0v) is 30.3. The second kappa shape index (κ2) is 15.5. The van der Waals surface area contributed by atoms with Crippen LogP contribution in [-0.2, 0) is 40.9 Å². The lowest BCUT2D eigenvalue weighted by molar-refractivity contribution is -0.136. The Morgan fingerprint density at radius 1 is 1.02 bits per heavy atom. The average molecular weight is 743 g/mol. The first-order valence-electron chi connectivity index (χ1n) is 17.0. The van der Waals surface area contributed by atoms with Crippen molar-refractivity contribution in [3.63, 3.8) is 0 Å². The first-order valence-corrected chi connectivity index (χ1v) is 18.8. The number of aryl methyl sites for hydroxylation is 3. The molecule has 0 atom stereocenters. The number of nitrogens with one attached hydrogen (secondary N) is 1. The molecule has 278 valence electrons. The van der Waals surface area contributed by atoms with E-state index in [1.54, 1.807) is 19.3 Å². The number of rotatable bonds is 17. The highest BCUT2D eigenvalue weighted by molar-refractivity contribution is 7.91. The van der Waals surface area contributed by atoms with Crippen LogP contribution in [0.3, 0.4) is 0 Å². The predicted octanol–water partition coefficient (Wildman–Crippen LogP) is 8.45. The van der Waals surface area contributed by atoms with Crippen molar-refractivity contribution >= 4 is 26.7 Å².